The Morgan fingerprint density at radius 2 is 1.57 bits per heavy atom. The summed E-state index contributed by atoms with van der Waals surface area (Å²) in [6.45, 7) is 6.97. The molecule has 2 saturated heterocycles. The Kier molecular flexibility index (Phi) is 5.83. The normalized spacial score (nSPS) is 28.0. The molecule has 0 spiro atoms. The van der Waals surface area contributed by atoms with Crippen LogP contribution in [-0.4, -0.2) is 57.5 Å². The molecule has 2 heterocycles. The zero-order valence-electron chi connectivity index (χ0n) is 17.8. The second-order valence-corrected chi connectivity index (χ2v) is 13.0. The number of fused-ring (bicyclic) bond motifs is 2. The van der Waals surface area contributed by atoms with Gasteiger partial charge >= 0.3 is 0 Å². The molecule has 2 aliphatic rings. The van der Waals surface area contributed by atoms with Crippen molar-refractivity contribution in [3.63, 3.8) is 0 Å². The zero-order valence-corrected chi connectivity index (χ0v) is 18.8. The van der Waals surface area contributed by atoms with Crippen molar-refractivity contribution in [2.75, 3.05) is 13.7 Å². The lowest BCUT2D eigenvalue weighted by Gasteiger charge is -2.47. The molecule has 2 fully saturated rings. The van der Waals surface area contributed by atoms with Crippen LogP contribution in [0.15, 0.2) is 65.8 Å². The van der Waals surface area contributed by atoms with Crippen molar-refractivity contribution < 1.29 is 23.8 Å². The molecule has 160 valence electrons. The van der Waals surface area contributed by atoms with E-state index in [1.54, 1.807) is 0 Å². The maximum Gasteiger partial charge on any atom is 0.262 e. The van der Waals surface area contributed by atoms with E-state index in [9.17, 15) is 5.11 Å². The topological polar surface area (TPSA) is 69.5 Å². The van der Waals surface area contributed by atoms with Gasteiger partial charge in [0.2, 0.25) is 0 Å². The van der Waals surface area contributed by atoms with Gasteiger partial charge in [-0.3, -0.25) is 0 Å². The first-order chi connectivity index (χ1) is 14.4. The van der Waals surface area contributed by atoms with E-state index in [0.717, 1.165) is 10.4 Å². The van der Waals surface area contributed by atoms with Gasteiger partial charge in [0.05, 0.1) is 6.61 Å². The molecule has 0 aromatic heterocycles. The summed E-state index contributed by atoms with van der Waals surface area (Å²) in [4.78, 5) is 5.07. The predicted molar refractivity (Wildman–Crippen MR) is 118 cm³/mol. The predicted octanol–water partition coefficient (Wildman–Crippen LogP) is 2.05. The van der Waals surface area contributed by atoms with Gasteiger partial charge in [-0.1, -0.05) is 86.6 Å². The van der Waals surface area contributed by atoms with Gasteiger partial charge in [-0.25, -0.2) is 0 Å². The third-order valence-corrected chi connectivity index (χ3v) is 10.9. The summed E-state index contributed by atoms with van der Waals surface area (Å²) >= 11 is 0. The summed E-state index contributed by atoms with van der Waals surface area (Å²) < 4.78 is 18.7. The van der Waals surface area contributed by atoms with E-state index >= 15 is 0 Å². The number of hydrogen-bond donors (Lipinski definition) is 1. The summed E-state index contributed by atoms with van der Waals surface area (Å²) in [6, 6.07) is 20.7. The summed E-state index contributed by atoms with van der Waals surface area (Å²) in [5.74, 6) is 0. The molecule has 0 saturated carbocycles. The van der Waals surface area contributed by atoms with Crippen molar-refractivity contribution in [3.05, 3.63) is 60.7 Å². The molecule has 2 aromatic rings. The van der Waals surface area contributed by atoms with Crippen LogP contribution in [0.25, 0.3) is 0 Å². The SMILES string of the molecule is CO/N=C1\[C@H](O)[C@@H]2OC[C@@H](O2)[C@H]1O[Si](c1ccccc1)(c1ccccc1)C(C)(C)C. The second kappa shape index (κ2) is 8.24. The molecule has 4 rings (SSSR count). The van der Waals surface area contributed by atoms with Crippen LogP contribution in [0.5, 0.6) is 0 Å². The molecule has 7 heteroatoms. The highest BCUT2D eigenvalue weighted by atomic mass is 28.4. The Hall–Kier alpha value is -2.03. The van der Waals surface area contributed by atoms with Crippen molar-refractivity contribution in [1.29, 1.82) is 0 Å². The van der Waals surface area contributed by atoms with Crippen LogP contribution in [0.2, 0.25) is 5.04 Å². The van der Waals surface area contributed by atoms with Crippen molar-refractivity contribution in [1.82, 2.24) is 0 Å². The highest BCUT2D eigenvalue weighted by molar-refractivity contribution is 6.99. The quantitative estimate of drug-likeness (QED) is 0.584. The van der Waals surface area contributed by atoms with E-state index in [-0.39, 0.29) is 11.1 Å². The summed E-state index contributed by atoms with van der Waals surface area (Å²) in [7, 11) is -1.39. The number of benzene rings is 2. The van der Waals surface area contributed by atoms with Crippen LogP contribution >= 0.6 is 0 Å². The Morgan fingerprint density at radius 1 is 1.00 bits per heavy atom. The minimum Gasteiger partial charge on any atom is -0.399 e. The highest BCUT2D eigenvalue weighted by Gasteiger charge is 2.57. The van der Waals surface area contributed by atoms with Gasteiger partial charge in [-0.2, -0.15) is 0 Å². The van der Waals surface area contributed by atoms with E-state index in [0.29, 0.717) is 12.3 Å². The first kappa shape index (κ1) is 21.2. The first-order valence-electron chi connectivity index (χ1n) is 10.2. The van der Waals surface area contributed by atoms with E-state index in [2.05, 4.69) is 50.2 Å². The fourth-order valence-corrected chi connectivity index (χ4v) is 9.16. The maximum atomic E-state index is 10.8. The van der Waals surface area contributed by atoms with Crippen LogP contribution < -0.4 is 10.4 Å². The number of aliphatic hydroxyl groups excluding tert-OH is 1. The third kappa shape index (κ3) is 3.50. The Balaban J connectivity index is 1.89. The fraction of sp³-hybridized carbons (Fsp3) is 0.435. The van der Waals surface area contributed by atoms with Crippen LogP contribution in [-0.2, 0) is 18.7 Å². The van der Waals surface area contributed by atoms with E-state index in [4.69, 9.17) is 18.7 Å². The molecule has 0 unspecified atom stereocenters. The summed E-state index contributed by atoms with van der Waals surface area (Å²) in [5, 5.41) is 17.0. The van der Waals surface area contributed by atoms with Gasteiger partial charge in [-0.15, -0.1) is 0 Å². The van der Waals surface area contributed by atoms with Crippen molar-refractivity contribution in [2.45, 2.75) is 50.4 Å². The number of oxime groups is 1. The van der Waals surface area contributed by atoms with Gasteiger partial charge in [0, 0.05) is 0 Å². The smallest absolute Gasteiger partial charge is 0.262 e. The van der Waals surface area contributed by atoms with E-state index < -0.39 is 26.8 Å². The highest BCUT2D eigenvalue weighted by Crippen LogP contribution is 2.40. The standard InChI is InChI=1S/C23H29NO5Si/c1-23(2,3)30(16-11-7-5-8-12-16,17-13-9-6-10-14-17)29-21-18-15-27-22(28-18)20(25)19(21)24-26-4/h5-14,18,20-22,25H,15H2,1-4H3/b24-19+/t18-,20+,21-,22-/m1/s1. The van der Waals surface area contributed by atoms with Crippen molar-refractivity contribution in [3.8, 4) is 0 Å². The van der Waals surface area contributed by atoms with Crippen molar-refractivity contribution >= 4 is 24.4 Å². The Labute approximate surface area is 178 Å². The van der Waals surface area contributed by atoms with Crippen LogP contribution in [0.4, 0.5) is 0 Å². The molecule has 2 aliphatic heterocycles. The van der Waals surface area contributed by atoms with Crippen LogP contribution in [0, 0.1) is 0 Å². The minimum atomic E-state index is -2.86. The molecule has 2 aromatic carbocycles. The molecular weight excluding hydrogens is 398 g/mol. The summed E-state index contributed by atoms with van der Waals surface area (Å²) in [5.41, 5.74) is 0.421. The third-order valence-electron chi connectivity index (χ3n) is 5.84. The maximum absolute atomic E-state index is 10.8. The van der Waals surface area contributed by atoms with Crippen molar-refractivity contribution in [2.24, 2.45) is 5.16 Å². The van der Waals surface area contributed by atoms with Gasteiger partial charge in [0.15, 0.2) is 6.29 Å². The lowest BCUT2D eigenvalue weighted by Crippen LogP contribution is -2.70. The van der Waals surface area contributed by atoms with Crippen LogP contribution in [0.3, 0.4) is 0 Å². The molecule has 2 bridgehead atoms. The number of rotatable bonds is 5. The minimum absolute atomic E-state index is 0.213. The van der Waals surface area contributed by atoms with E-state index in [1.807, 2.05) is 36.4 Å². The van der Waals surface area contributed by atoms with Gasteiger partial charge in [0.1, 0.15) is 31.1 Å². The number of hydrogen-bond acceptors (Lipinski definition) is 6. The average molecular weight is 428 g/mol. The van der Waals surface area contributed by atoms with Gasteiger partial charge in [-0.05, 0) is 15.4 Å². The number of nitrogens with zero attached hydrogens (tertiary/aromatic N) is 1. The molecule has 1 N–H and O–H groups in total. The number of aliphatic hydroxyl groups is 1. The fourth-order valence-electron chi connectivity index (χ4n) is 4.49. The lowest BCUT2D eigenvalue weighted by molar-refractivity contribution is -0.133. The largest absolute Gasteiger partial charge is 0.399 e. The number of ether oxygens (including phenoxy) is 2. The lowest BCUT2D eigenvalue weighted by atomic mass is 10.0. The van der Waals surface area contributed by atoms with Crippen LogP contribution in [0.1, 0.15) is 20.8 Å². The zero-order chi connectivity index (χ0) is 21.4. The second-order valence-electron chi connectivity index (χ2n) is 8.72. The monoisotopic (exact) mass is 427 g/mol. The molecule has 0 amide bonds. The molecule has 30 heavy (non-hydrogen) atoms. The Bertz CT molecular complexity index is 844. The van der Waals surface area contributed by atoms with Gasteiger partial charge < -0.3 is 23.8 Å². The molecule has 0 radical (unpaired) electrons. The molecular formula is C23H29NO5Si. The average Bonchev–Trinajstić information content (AvgIpc) is 3.19. The molecule has 4 atom stereocenters. The first-order valence-corrected chi connectivity index (χ1v) is 12.1. The molecule has 6 nitrogen and oxygen atoms in total. The molecule has 0 aliphatic carbocycles. The summed E-state index contributed by atoms with van der Waals surface area (Å²) in [6.07, 6.45) is -2.70. The Morgan fingerprint density at radius 3 is 2.07 bits per heavy atom. The van der Waals surface area contributed by atoms with Gasteiger partial charge in [0.25, 0.3) is 8.32 Å². The van der Waals surface area contributed by atoms with E-state index in [1.165, 1.54) is 7.11 Å².